The molecule has 2 aromatic carbocycles. The predicted molar refractivity (Wildman–Crippen MR) is 90.0 cm³/mol. The van der Waals surface area contributed by atoms with Crippen LogP contribution in [-0.4, -0.2) is 6.04 Å². The Morgan fingerprint density at radius 2 is 1.81 bits per heavy atom. The van der Waals surface area contributed by atoms with Crippen molar-refractivity contribution in [3.63, 3.8) is 0 Å². The fourth-order valence-corrected chi connectivity index (χ4v) is 3.72. The van der Waals surface area contributed by atoms with Crippen molar-refractivity contribution in [2.45, 2.75) is 51.0 Å². The fraction of sp³-hybridized carbons (Fsp3) is 0.474. The minimum absolute atomic E-state index is 0.386. The number of hydrazine groups is 1. The van der Waals surface area contributed by atoms with Gasteiger partial charge >= 0.3 is 0 Å². The molecule has 0 aromatic heterocycles. The third kappa shape index (κ3) is 3.63. The first kappa shape index (κ1) is 14.6. The lowest BCUT2D eigenvalue weighted by Gasteiger charge is -2.19. The Labute approximate surface area is 127 Å². The van der Waals surface area contributed by atoms with Crippen molar-refractivity contribution in [1.82, 2.24) is 5.43 Å². The van der Waals surface area contributed by atoms with E-state index in [9.17, 15) is 0 Å². The quantitative estimate of drug-likeness (QED) is 0.616. The third-order valence-electron chi connectivity index (χ3n) is 4.98. The Morgan fingerprint density at radius 1 is 1.05 bits per heavy atom. The van der Waals surface area contributed by atoms with Gasteiger partial charge in [-0.2, -0.15) is 0 Å². The molecule has 21 heavy (non-hydrogen) atoms. The summed E-state index contributed by atoms with van der Waals surface area (Å²) in [6.45, 7) is 0. The van der Waals surface area contributed by atoms with E-state index in [-0.39, 0.29) is 0 Å². The van der Waals surface area contributed by atoms with E-state index >= 15 is 0 Å². The summed E-state index contributed by atoms with van der Waals surface area (Å²) in [5, 5.41) is 2.68. The number of rotatable bonds is 6. The van der Waals surface area contributed by atoms with Crippen LogP contribution >= 0.6 is 0 Å². The lowest BCUT2D eigenvalue weighted by Crippen LogP contribution is -2.37. The average Bonchev–Trinajstić information content (AvgIpc) is 3.05. The molecule has 0 aliphatic heterocycles. The first-order valence-corrected chi connectivity index (χ1v) is 8.29. The van der Waals surface area contributed by atoms with E-state index in [4.69, 9.17) is 5.84 Å². The molecule has 112 valence electrons. The zero-order valence-corrected chi connectivity index (χ0v) is 12.7. The van der Waals surface area contributed by atoms with Gasteiger partial charge in [0.15, 0.2) is 0 Å². The number of fused-ring (bicyclic) bond motifs is 1. The molecule has 2 heteroatoms. The molecular weight excluding hydrogens is 256 g/mol. The molecule has 1 aliphatic carbocycles. The van der Waals surface area contributed by atoms with Gasteiger partial charge in [-0.3, -0.25) is 11.3 Å². The van der Waals surface area contributed by atoms with Crippen LogP contribution in [0.15, 0.2) is 42.5 Å². The Bertz CT molecular complexity index is 567. The second kappa shape index (κ2) is 7.06. The van der Waals surface area contributed by atoms with Gasteiger partial charge in [0.1, 0.15) is 0 Å². The Hall–Kier alpha value is -1.38. The molecule has 0 saturated heterocycles. The number of hydrogen-bond donors (Lipinski definition) is 2. The average molecular weight is 282 g/mol. The summed E-state index contributed by atoms with van der Waals surface area (Å²) in [6.07, 6.45) is 9.22. The molecule has 1 atom stereocenters. The summed E-state index contributed by atoms with van der Waals surface area (Å²) in [4.78, 5) is 0. The van der Waals surface area contributed by atoms with Crippen molar-refractivity contribution in [1.29, 1.82) is 0 Å². The summed E-state index contributed by atoms with van der Waals surface area (Å²) in [6, 6.07) is 15.6. The summed E-state index contributed by atoms with van der Waals surface area (Å²) < 4.78 is 0. The highest BCUT2D eigenvalue weighted by Gasteiger charge is 2.17. The van der Waals surface area contributed by atoms with E-state index in [1.165, 1.54) is 54.9 Å². The molecule has 2 aromatic rings. The minimum Gasteiger partial charge on any atom is -0.271 e. The highest BCUT2D eigenvalue weighted by Crippen LogP contribution is 2.29. The molecule has 0 radical (unpaired) electrons. The van der Waals surface area contributed by atoms with Gasteiger partial charge in [0.25, 0.3) is 0 Å². The van der Waals surface area contributed by atoms with Crippen LogP contribution < -0.4 is 11.3 Å². The van der Waals surface area contributed by atoms with Gasteiger partial charge in [0.05, 0.1) is 0 Å². The molecule has 1 aliphatic rings. The van der Waals surface area contributed by atoms with Crippen molar-refractivity contribution in [2.24, 2.45) is 11.8 Å². The predicted octanol–water partition coefficient (Wildman–Crippen LogP) is 4.18. The van der Waals surface area contributed by atoms with E-state index in [2.05, 4.69) is 47.9 Å². The number of benzene rings is 2. The summed E-state index contributed by atoms with van der Waals surface area (Å²) in [7, 11) is 0. The van der Waals surface area contributed by atoms with Gasteiger partial charge in [0, 0.05) is 6.04 Å². The van der Waals surface area contributed by atoms with E-state index in [1.807, 2.05) is 0 Å². The van der Waals surface area contributed by atoms with Crippen molar-refractivity contribution >= 4 is 10.8 Å². The monoisotopic (exact) mass is 282 g/mol. The standard InChI is InChI=1S/C19H26N2/c20-21-18(13-12-15-6-1-2-7-15)14-17-10-5-9-16-8-3-4-11-19(16)17/h3-5,8-11,15,18,21H,1-2,6-7,12-14,20H2. The first-order chi connectivity index (χ1) is 10.4. The normalized spacial score (nSPS) is 17.4. The van der Waals surface area contributed by atoms with Crippen molar-refractivity contribution in [2.75, 3.05) is 0 Å². The second-order valence-electron chi connectivity index (χ2n) is 6.43. The van der Waals surface area contributed by atoms with Crippen LogP contribution in [0.5, 0.6) is 0 Å². The summed E-state index contributed by atoms with van der Waals surface area (Å²) >= 11 is 0. The zero-order chi connectivity index (χ0) is 14.5. The molecule has 0 spiro atoms. The van der Waals surface area contributed by atoms with Crippen LogP contribution in [0, 0.1) is 5.92 Å². The first-order valence-electron chi connectivity index (χ1n) is 8.29. The van der Waals surface area contributed by atoms with Crippen LogP contribution in [0.3, 0.4) is 0 Å². The van der Waals surface area contributed by atoms with E-state index < -0.39 is 0 Å². The van der Waals surface area contributed by atoms with E-state index in [1.54, 1.807) is 0 Å². The van der Waals surface area contributed by atoms with Crippen molar-refractivity contribution in [3.05, 3.63) is 48.0 Å². The smallest absolute Gasteiger partial charge is 0.0251 e. The van der Waals surface area contributed by atoms with Gasteiger partial charge in [-0.15, -0.1) is 0 Å². The Balaban J connectivity index is 1.67. The van der Waals surface area contributed by atoms with Crippen molar-refractivity contribution in [3.8, 4) is 0 Å². The van der Waals surface area contributed by atoms with E-state index in [0.29, 0.717) is 6.04 Å². The van der Waals surface area contributed by atoms with Gasteiger partial charge in [-0.25, -0.2) is 0 Å². The minimum atomic E-state index is 0.386. The number of nitrogens with one attached hydrogen (secondary N) is 1. The summed E-state index contributed by atoms with van der Waals surface area (Å²) in [5.41, 5.74) is 4.44. The van der Waals surface area contributed by atoms with Crippen LogP contribution in [0.4, 0.5) is 0 Å². The molecule has 3 rings (SSSR count). The van der Waals surface area contributed by atoms with Gasteiger partial charge in [-0.1, -0.05) is 68.1 Å². The molecular formula is C19H26N2. The Kier molecular flexibility index (Phi) is 4.89. The molecule has 1 saturated carbocycles. The van der Waals surface area contributed by atoms with Crippen molar-refractivity contribution < 1.29 is 0 Å². The maximum atomic E-state index is 5.80. The van der Waals surface area contributed by atoms with Gasteiger partial charge in [-0.05, 0) is 41.5 Å². The van der Waals surface area contributed by atoms with E-state index in [0.717, 1.165) is 12.3 Å². The zero-order valence-electron chi connectivity index (χ0n) is 12.7. The molecule has 0 heterocycles. The maximum Gasteiger partial charge on any atom is 0.0251 e. The molecule has 1 fully saturated rings. The topological polar surface area (TPSA) is 38.0 Å². The van der Waals surface area contributed by atoms with Crippen LogP contribution in [0.25, 0.3) is 10.8 Å². The van der Waals surface area contributed by atoms with Crippen LogP contribution in [-0.2, 0) is 6.42 Å². The lowest BCUT2D eigenvalue weighted by molar-refractivity contribution is 0.407. The maximum absolute atomic E-state index is 5.80. The molecule has 0 amide bonds. The lowest BCUT2D eigenvalue weighted by atomic mass is 9.93. The summed E-state index contributed by atoms with van der Waals surface area (Å²) in [5.74, 6) is 6.74. The molecule has 1 unspecified atom stereocenters. The third-order valence-corrected chi connectivity index (χ3v) is 4.98. The fourth-order valence-electron chi connectivity index (χ4n) is 3.72. The number of nitrogens with two attached hydrogens (primary N) is 1. The highest BCUT2D eigenvalue weighted by molar-refractivity contribution is 5.85. The molecule has 3 N–H and O–H groups in total. The second-order valence-corrected chi connectivity index (χ2v) is 6.43. The van der Waals surface area contributed by atoms with Gasteiger partial charge in [0.2, 0.25) is 0 Å². The highest BCUT2D eigenvalue weighted by atomic mass is 15.2. The van der Waals surface area contributed by atoms with Gasteiger partial charge < -0.3 is 0 Å². The number of hydrogen-bond acceptors (Lipinski definition) is 2. The van der Waals surface area contributed by atoms with Crippen LogP contribution in [0.2, 0.25) is 0 Å². The largest absolute Gasteiger partial charge is 0.271 e. The SMILES string of the molecule is NNC(CCC1CCCC1)Cc1cccc2ccccc12. The molecule has 0 bridgehead atoms. The Morgan fingerprint density at radius 3 is 2.62 bits per heavy atom. The van der Waals surface area contributed by atoms with Crippen LogP contribution in [0.1, 0.15) is 44.1 Å². The molecule has 2 nitrogen and oxygen atoms in total.